The van der Waals surface area contributed by atoms with Gasteiger partial charge in [0.2, 0.25) is 0 Å². The van der Waals surface area contributed by atoms with Gasteiger partial charge in [-0.15, -0.1) is 24.0 Å². The van der Waals surface area contributed by atoms with Crippen LogP contribution in [0, 0.1) is 0 Å². The SMILES string of the molecule is CN=C(NCCCN1CCCCC1C)NCc1nccn1C(F)F.I. The first-order valence-electron chi connectivity index (χ1n) is 8.60. The second-order valence-corrected chi connectivity index (χ2v) is 6.12. The van der Waals surface area contributed by atoms with E-state index in [1.165, 1.54) is 38.2 Å². The Bertz CT molecular complexity index is 522. The second-order valence-electron chi connectivity index (χ2n) is 6.12. The van der Waals surface area contributed by atoms with Gasteiger partial charge >= 0.3 is 6.55 Å². The standard InChI is InChI=1S/C16H28F2N6.HI/c1-13-6-3-4-9-23(13)10-5-7-21-16(19-2)22-12-14-20-8-11-24(14)15(17)18;/h8,11,13,15H,3-7,9-10,12H2,1-2H3,(H2,19,21,22);1H. The molecule has 144 valence electrons. The van der Waals surface area contributed by atoms with Crippen LogP contribution in [-0.4, -0.2) is 53.1 Å². The summed E-state index contributed by atoms with van der Waals surface area (Å²) in [6, 6.07) is 0.671. The average molecular weight is 470 g/mol. The van der Waals surface area contributed by atoms with Gasteiger partial charge in [-0.3, -0.25) is 9.56 Å². The molecule has 1 aliphatic heterocycles. The number of imidazole rings is 1. The van der Waals surface area contributed by atoms with Crippen LogP contribution in [0.2, 0.25) is 0 Å². The van der Waals surface area contributed by atoms with E-state index < -0.39 is 6.55 Å². The predicted molar refractivity (Wildman–Crippen MR) is 107 cm³/mol. The second kappa shape index (κ2) is 11.6. The first kappa shape index (κ1) is 22.1. The van der Waals surface area contributed by atoms with Crippen LogP contribution in [0.4, 0.5) is 8.78 Å². The van der Waals surface area contributed by atoms with Gasteiger partial charge in [-0.2, -0.15) is 8.78 Å². The topological polar surface area (TPSA) is 57.5 Å². The van der Waals surface area contributed by atoms with E-state index in [0.717, 1.165) is 24.1 Å². The monoisotopic (exact) mass is 470 g/mol. The molecule has 6 nitrogen and oxygen atoms in total. The Balaban J connectivity index is 0.00000312. The van der Waals surface area contributed by atoms with E-state index in [1.807, 2.05) is 0 Å². The van der Waals surface area contributed by atoms with Crippen LogP contribution in [0.5, 0.6) is 0 Å². The zero-order chi connectivity index (χ0) is 17.4. The van der Waals surface area contributed by atoms with Gasteiger partial charge in [0.1, 0.15) is 5.82 Å². The highest BCUT2D eigenvalue weighted by molar-refractivity contribution is 14.0. The zero-order valence-electron chi connectivity index (χ0n) is 14.9. The maximum atomic E-state index is 12.8. The molecule has 1 atom stereocenters. The van der Waals surface area contributed by atoms with Crippen molar-refractivity contribution in [3.8, 4) is 0 Å². The minimum absolute atomic E-state index is 0. The summed E-state index contributed by atoms with van der Waals surface area (Å²) in [5.74, 6) is 0.889. The van der Waals surface area contributed by atoms with Crippen LogP contribution in [0.1, 0.15) is 45.0 Å². The van der Waals surface area contributed by atoms with Crippen LogP contribution in [0.15, 0.2) is 17.4 Å². The fourth-order valence-corrected chi connectivity index (χ4v) is 3.02. The van der Waals surface area contributed by atoms with Gasteiger partial charge in [0, 0.05) is 38.6 Å². The highest BCUT2D eigenvalue weighted by atomic mass is 127. The molecule has 9 heteroatoms. The third kappa shape index (κ3) is 7.04. The molecule has 1 saturated heterocycles. The molecule has 1 aliphatic rings. The third-order valence-electron chi connectivity index (χ3n) is 4.45. The summed E-state index contributed by atoms with van der Waals surface area (Å²) in [7, 11) is 1.67. The van der Waals surface area contributed by atoms with Crippen molar-refractivity contribution in [2.45, 2.75) is 51.7 Å². The van der Waals surface area contributed by atoms with E-state index in [0.29, 0.717) is 12.0 Å². The van der Waals surface area contributed by atoms with Gasteiger partial charge in [0.05, 0.1) is 6.54 Å². The molecular formula is C16H29F2IN6. The number of alkyl halides is 2. The normalized spacial score (nSPS) is 18.9. The highest BCUT2D eigenvalue weighted by Crippen LogP contribution is 2.16. The van der Waals surface area contributed by atoms with Gasteiger partial charge in [-0.05, 0) is 32.7 Å². The number of nitrogens with one attached hydrogen (secondary N) is 2. The number of likely N-dealkylation sites (tertiary alicyclic amines) is 1. The maximum absolute atomic E-state index is 12.8. The lowest BCUT2D eigenvalue weighted by atomic mass is 10.0. The van der Waals surface area contributed by atoms with Crippen LogP contribution >= 0.6 is 24.0 Å². The number of piperidine rings is 1. The minimum Gasteiger partial charge on any atom is -0.356 e. The van der Waals surface area contributed by atoms with E-state index in [4.69, 9.17) is 0 Å². The van der Waals surface area contributed by atoms with Gasteiger partial charge in [-0.1, -0.05) is 6.42 Å². The van der Waals surface area contributed by atoms with Crippen LogP contribution in [0.3, 0.4) is 0 Å². The van der Waals surface area contributed by atoms with Crippen LogP contribution in [0.25, 0.3) is 0 Å². The zero-order valence-corrected chi connectivity index (χ0v) is 17.2. The predicted octanol–water partition coefficient (Wildman–Crippen LogP) is 2.83. The summed E-state index contributed by atoms with van der Waals surface area (Å²) >= 11 is 0. The molecule has 0 spiro atoms. The Morgan fingerprint density at radius 3 is 2.88 bits per heavy atom. The average Bonchev–Trinajstić information content (AvgIpc) is 3.04. The molecule has 2 N–H and O–H groups in total. The number of guanidine groups is 1. The fourth-order valence-electron chi connectivity index (χ4n) is 3.02. The first-order valence-corrected chi connectivity index (χ1v) is 8.60. The molecular weight excluding hydrogens is 441 g/mol. The summed E-state index contributed by atoms with van der Waals surface area (Å²) in [6.45, 7) is 2.97. The summed E-state index contributed by atoms with van der Waals surface area (Å²) in [4.78, 5) is 10.6. The molecule has 25 heavy (non-hydrogen) atoms. The van der Waals surface area contributed by atoms with Crippen molar-refractivity contribution in [2.24, 2.45) is 4.99 Å². The lowest BCUT2D eigenvalue weighted by Gasteiger charge is -2.33. The number of aromatic nitrogens is 2. The number of aliphatic imine (C=N–C) groups is 1. The van der Waals surface area contributed by atoms with Crippen molar-refractivity contribution in [3.05, 3.63) is 18.2 Å². The molecule has 1 unspecified atom stereocenters. The summed E-state index contributed by atoms with van der Waals surface area (Å²) in [6.07, 6.45) is 7.58. The highest BCUT2D eigenvalue weighted by Gasteiger charge is 2.17. The molecule has 0 amide bonds. The van der Waals surface area contributed by atoms with Crippen LogP contribution in [-0.2, 0) is 6.54 Å². The molecule has 1 fully saturated rings. The molecule has 0 saturated carbocycles. The van der Waals surface area contributed by atoms with Crippen molar-refractivity contribution in [3.63, 3.8) is 0 Å². The van der Waals surface area contributed by atoms with Crippen molar-refractivity contribution < 1.29 is 8.78 Å². The fraction of sp³-hybridized carbons (Fsp3) is 0.750. The molecule has 1 aromatic heterocycles. The number of rotatable bonds is 7. The van der Waals surface area contributed by atoms with Gasteiger partial charge in [0.15, 0.2) is 5.96 Å². The largest absolute Gasteiger partial charge is 0.356 e. The summed E-state index contributed by atoms with van der Waals surface area (Å²) in [5.41, 5.74) is 0. The molecule has 1 aromatic rings. The van der Waals surface area contributed by atoms with Gasteiger partial charge < -0.3 is 15.5 Å². The maximum Gasteiger partial charge on any atom is 0.319 e. The molecule has 0 bridgehead atoms. The lowest BCUT2D eigenvalue weighted by Crippen LogP contribution is -2.41. The smallest absolute Gasteiger partial charge is 0.319 e. The first-order chi connectivity index (χ1) is 11.6. The number of hydrogen-bond acceptors (Lipinski definition) is 3. The molecule has 0 radical (unpaired) electrons. The molecule has 2 rings (SSSR count). The quantitative estimate of drug-likeness (QED) is 0.279. The Hall–Kier alpha value is -0.970. The minimum atomic E-state index is -2.58. The molecule has 2 heterocycles. The Morgan fingerprint density at radius 2 is 2.20 bits per heavy atom. The van der Waals surface area contributed by atoms with E-state index in [9.17, 15) is 8.78 Å². The van der Waals surface area contributed by atoms with Crippen molar-refractivity contribution in [1.29, 1.82) is 0 Å². The Morgan fingerprint density at radius 1 is 1.40 bits per heavy atom. The van der Waals surface area contributed by atoms with Gasteiger partial charge in [-0.25, -0.2) is 4.98 Å². The van der Waals surface area contributed by atoms with E-state index in [-0.39, 0.29) is 36.3 Å². The number of halogens is 3. The van der Waals surface area contributed by atoms with E-state index in [2.05, 4.69) is 32.4 Å². The molecule has 0 aliphatic carbocycles. The van der Waals surface area contributed by atoms with Crippen molar-refractivity contribution in [1.82, 2.24) is 25.1 Å². The van der Waals surface area contributed by atoms with Crippen LogP contribution < -0.4 is 10.6 Å². The van der Waals surface area contributed by atoms with Crippen molar-refractivity contribution in [2.75, 3.05) is 26.7 Å². The summed E-state index contributed by atoms with van der Waals surface area (Å²) < 4.78 is 26.4. The number of nitrogens with zero attached hydrogens (tertiary/aromatic N) is 4. The summed E-state index contributed by atoms with van der Waals surface area (Å²) in [5, 5.41) is 6.25. The van der Waals surface area contributed by atoms with Crippen molar-refractivity contribution >= 4 is 29.9 Å². The van der Waals surface area contributed by atoms with E-state index >= 15 is 0 Å². The third-order valence-corrected chi connectivity index (χ3v) is 4.45. The lowest BCUT2D eigenvalue weighted by molar-refractivity contribution is 0.0668. The van der Waals surface area contributed by atoms with Gasteiger partial charge in [0.25, 0.3) is 0 Å². The number of hydrogen-bond donors (Lipinski definition) is 2. The Labute approximate surface area is 165 Å². The van der Waals surface area contributed by atoms with E-state index in [1.54, 1.807) is 7.05 Å². The Kier molecular flexibility index (Phi) is 10.2. The molecule has 0 aromatic carbocycles.